The normalized spacial score (nSPS) is 10.8. The van der Waals surface area contributed by atoms with Crippen molar-refractivity contribution in [3.63, 3.8) is 0 Å². The number of hydrogen-bond acceptors (Lipinski definition) is 4. The molecule has 2 amide bonds. The van der Waals surface area contributed by atoms with Gasteiger partial charge in [0.15, 0.2) is 0 Å². The first-order chi connectivity index (χ1) is 12.9. The summed E-state index contributed by atoms with van der Waals surface area (Å²) in [6.07, 6.45) is 0. The van der Waals surface area contributed by atoms with Crippen molar-refractivity contribution < 1.29 is 19.0 Å². The summed E-state index contributed by atoms with van der Waals surface area (Å²) in [5, 5.41) is 5.71. The van der Waals surface area contributed by atoms with Crippen molar-refractivity contribution in [3.05, 3.63) is 54.1 Å². The highest BCUT2D eigenvalue weighted by molar-refractivity contribution is 5.73. The lowest BCUT2D eigenvalue weighted by Crippen LogP contribution is -2.43. The SMILES string of the molecule is COc1ccc(OCCNC(=O)NCC(C)(C)c2ccc(OC)cc2)cc1. The Balaban J connectivity index is 1.69. The molecule has 6 heteroatoms. The fourth-order valence-corrected chi connectivity index (χ4v) is 2.51. The third-order valence-electron chi connectivity index (χ3n) is 4.28. The largest absolute Gasteiger partial charge is 0.497 e. The van der Waals surface area contributed by atoms with E-state index >= 15 is 0 Å². The molecule has 2 aromatic rings. The third kappa shape index (κ3) is 6.40. The number of carbonyl (C=O) groups is 1. The second kappa shape index (κ2) is 9.71. The van der Waals surface area contributed by atoms with Crippen LogP contribution in [0.15, 0.2) is 48.5 Å². The van der Waals surface area contributed by atoms with Gasteiger partial charge in [-0.05, 0) is 42.0 Å². The van der Waals surface area contributed by atoms with Crippen molar-refractivity contribution in [3.8, 4) is 17.2 Å². The van der Waals surface area contributed by atoms with E-state index in [0.29, 0.717) is 19.7 Å². The average Bonchev–Trinajstić information content (AvgIpc) is 2.70. The van der Waals surface area contributed by atoms with E-state index in [2.05, 4.69) is 24.5 Å². The van der Waals surface area contributed by atoms with Crippen molar-refractivity contribution in [2.75, 3.05) is 33.9 Å². The van der Waals surface area contributed by atoms with Gasteiger partial charge in [0, 0.05) is 12.0 Å². The molecule has 0 aliphatic carbocycles. The third-order valence-corrected chi connectivity index (χ3v) is 4.28. The van der Waals surface area contributed by atoms with Crippen LogP contribution < -0.4 is 24.8 Å². The molecule has 0 aromatic heterocycles. The van der Waals surface area contributed by atoms with Crippen LogP contribution in [-0.4, -0.2) is 39.9 Å². The molecular formula is C21H28N2O4. The Morgan fingerprint density at radius 1 is 0.852 bits per heavy atom. The molecule has 6 nitrogen and oxygen atoms in total. The number of carbonyl (C=O) groups excluding carboxylic acids is 1. The Morgan fingerprint density at radius 3 is 1.93 bits per heavy atom. The van der Waals surface area contributed by atoms with E-state index in [-0.39, 0.29) is 11.4 Å². The molecule has 2 aromatic carbocycles. The lowest BCUT2D eigenvalue weighted by atomic mass is 9.84. The molecule has 0 heterocycles. The number of urea groups is 1. The van der Waals surface area contributed by atoms with Gasteiger partial charge < -0.3 is 24.8 Å². The van der Waals surface area contributed by atoms with E-state index in [9.17, 15) is 4.79 Å². The maximum atomic E-state index is 12.0. The molecule has 0 radical (unpaired) electrons. The molecule has 0 atom stereocenters. The molecule has 146 valence electrons. The van der Waals surface area contributed by atoms with Gasteiger partial charge in [0.2, 0.25) is 0 Å². The summed E-state index contributed by atoms with van der Waals surface area (Å²) in [5.41, 5.74) is 0.940. The number of methoxy groups -OCH3 is 2. The highest BCUT2D eigenvalue weighted by atomic mass is 16.5. The van der Waals surface area contributed by atoms with Gasteiger partial charge in [-0.1, -0.05) is 26.0 Å². The van der Waals surface area contributed by atoms with Crippen molar-refractivity contribution >= 4 is 6.03 Å². The van der Waals surface area contributed by atoms with Gasteiger partial charge in [0.1, 0.15) is 23.9 Å². The summed E-state index contributed by atoms with van der Waals surface area (Å²) in [6, 6.07) is 15.0. The number of nitrogens with one attached hydrogen (secondary N) is 2. The van der Waals surface area contributed by atoms with Gasteiger partial charge >= 0.3 is 6.03 Å². The highest BCUT2D eigenvalue weighted by Gasteiger charge is 2.21. The summed E-state index contributed by atoms with van der Waals surface area (Å²) in [7, 11) is 3.26. The van der Waals surface area contributed by atoms with Crippen molar-refractivity contribution in [2.45, 2.75) is 19.3 Å². The topological polar surface area (TPSA) is 68.8 Å². The predicted molar refractivity (Wildman–Crippen MR) is 106 cm³/mol. The van der Waals surface area contributed by atoms with Gasteiger partial charge in [-0.15, -0.1) is 0 Å². The van der Waals surface area contributed by atoms with E-state index in [0.717, 1.165) is 22.8 Å². The Hall–Kier alpha value is -2.89. The highest BCUT2D eigenvalue weighted by Crippen LogP contribution is 2.24. The Kier molecular flexibility index (Phi) is 7.34. The Morgan fingerprint density at radius 2 is 1.37 bits per heavy atom. The van der Waals surface area contributed by atoms with Crippen molar-refractivity contribution in [2.24, 2.45) is 0 Å². The molecule has 0 saturated heterocycles. The number of hydrogen-bond donors (Lipinski definition) is 2. The number of benzene rings is 2. The standard InChI is InChI=1S/C21H28N2O4/c1-21(2,16-5-7-17(25-3)8-6-16)15-23-20(24)22-13-14-27-19-11-9-18(26-4)10-12-19/h5-12H,13-15H2,1-4H3,(H2,22,23,24). The molecule has 0 aliphatic heterocycles. The molecule has 27 heavy (non-hydrogen) atoms. The van der Waals surface area contributed by atoms with Gasteiger partial charge in [-0.3, -0.25) is 0 Å². The fraction of sp³-hybridized carbons (Fsp3) is 0.381. The van der Waals surface area contributed by atoms with E-state index in [1.165, 1.54) is 0 Å². The first kappa shape index (κ1) is 20.4. The quantitative estimate of drug-likeness (QED) is 0.662. The minimum Gasteiger partial charge on any atom is -0.497 e. The summed E-state index contributed by atoms with van der Waals surface area (Å²) in [6.45, 7) is 5.50. The second-order valence-corrected chi connectivity index (χ2v) is 6.75. The summed E-state index contributed by atoms with van der Waals surface area (Å²) < 4.78 is 15.9. The maximum Gasteiger partial charge on any atom is 0.314 e. The van der Waals surface area contributed by atoms with Crippen molar-refractivity contribution in [1.82, 2.24) is 10.6 Å². The van der Waals surface area contributed by atoms with Gasteiger partial charge in [0.05, 0.1) is 20.8 Å². The van der Waals surface area contributed by atoms with Gasteiger partial charge in [-0.2, -0.15) is 0 Å². The van der Waals surface area contributed by atoms with Gasteiger partial charge in [0.25, 0.3) is 0 Å². The number of rotatable bonds is 9. The molecule has 0 spiro atoms. The zero-order chi connectivity index (χ0) is 19.7. The first-order valence-corrected chi connectivity index (χ1v) is 8.88. The van der Waals surface area contributed by atoms with E-state index in [4.69, 9.17) is 14.2 Å². The predicted octanol–water partition coefficient (Wildman–Crippen LogP) is 3.36. The summed E-state index contributed by atoms with van der Waals surface area (Å²) in [4.78, 5) is 12.0. The molecule has 0 aliphatic rings. The minimum absolute atomic E-state index is 0.191. The van der Waals surface area contributed by atoms with Crippen molar-refractivity contribution in [1.29, 1.82) is 0 Å². The van der Waals surface area contributed by atoms with Crippen LogP contribution in [0.4, 0.5) is 4.79 Å². The fourth-order valence-electron chi connectivity index (χ4n) is 2.51. The molecular weight excluding hydrogens is 344 g/mol. The minimum atomic E-state index is -0.213. The Bertz CT molecular complexity index is 712. The van der Waals surface area contributed by atoms with Gasteiger partial charge in [-0.25, -0.2) is 4.79 Å². The lowest BCUT2D eigenvalue weighted by Gasteiger charge is -2.26. The van der Waals surface area contributed by atoms with E-state index in [1.54, 1.807) is 14.2 Å². The van der Waals surface area contributed by atoms with Crippen LogP contribution in [0.3, 0.4) is 0 Å². The average molecular weight is 372 g/mol. The van der Waals surface area contributed by atoms with Crippen LogP contribution in [-0.2, 0) is 5.41 Å². The van der Waals surface area contributed by atoms with Crippen LogP contribution in [0, 0.1) is 0 Å². The summed E-state index contributed by atoms with van der Waals surface area (Å²) >= 11 is 0. The zero-order valence-electron chi connectivity index (χ0n) is 16.4. The molecule has 2 rings (SSSR count). The van der Waals surface area contributed by atoms with E-state index in [1.807, 2.05) is 48.5 Å². The summed E-state index contributed by atoms with van der Waals surface area (Å²) in [5.74, 6) is 2.33. The van der Waals surface area contributed by atoms with Crippen LogP contribution in [0.2, 0.25) is 0 Å². The van der Waals surface area contributed by atoms with E-state index < -0.39 is 0 Å². The number of ether oxygens (including phenoxy) is 3. The second-order valence-electron chi connectivity index (χ2n) is 6.75. The molecule has 2 N–H and O–H groups in total. The Labute approximate surface area is 160 Å². The monoisotopic (exact) mass is 372 g/mol. The molecule has 0 saturated carbocycles. The smallest absolute Gasteiger partial charge is 0.314 e. The first-order valence-electron chi connectivity index (χ1n) is 8.88. The van der Waals surface area contributed by atoms with Crippen LogP contribution in [0.5, 0.6) is 17.2 Å². The van der Waals surface area contributed by atoms with Crippen LogP contribution >= 0.6 is 0 Å². The van der Waals surface area contributed by atoms with Crippen LogP contribution in [0.1, 0.15) is 19.4 Å². The number of amides is 2. The lowest BCUT2D eigenvalue weighted by molar-refractivity contribution is 0.234. The maximum absolute atomic E-state index is 12.0. The van der Waals surface area contributed by atoms with Crippen LogP contribution in [0.25, 0.3) is 0 Å². The molecule has 0 unspecified atom stereocenters. The zero-order valence-corrected chi connectivity index (χ0v) is 16.4. The molecule has 0 bridgehead atoms. The molecule has 0 fully saturated rings.